The van der Waals surface area contributed by atoms with Crippen molar-refractivity contribution in [1.29, 1.82) is 0 Å². The van der Waals surface area contributed by atoms with Gasteiger partial charge in [-0.2, -0.15) is 0 Å². The van der Waals surface area contributed by atoms with E-state index in [0.717, 1.165) is 16.8 Å². The first-order valence-corrected chi connectivity index (χ1v) is 6.66. The van der Waals surface area contributed by atoms with E-state index in [9.17, 15) is 9.18 Å². The number of halogens is 2. The highest BCUT2D eigenvalue weighted by Crippen LogP contribution is 2.21. The van der Waals surface area contributed by atoms with Crippen LogP contribution in [0.4, 0.5) is 10.1 Å². The molecular formula is C16H15ClFNO. The number of amides is 1. The molecule has 0 aliphatic rings. The number of hydrogen-bond acceptors (Lipinski definition) is 1. The zero-order valence-corrected chi connectivity index (χ0v) is 12.1. The fraction of sp³-hybridized carbons (Fsp3) is 0.188. The van der Waals surface area contributed by atoms with Gasteiger partial charge >= 0.3 is 0 Å². The average molecular weight is 292 g/mol. The smallest absolute Gasteiger partial charge is 0.228 e. The van der Waals surface area contributed by atoms with Gasteiger partial charge in [-0.3, -0.25) is 4.79 Å². The Morgan fingerprint density at radius 3 is 2.60 bits per heavy atom. The maximum Gasteiger partial charge on any atom is 0.228 e. The molecule has 20 heavy (non-hydrogen) atoms. The Kier molecular flexibility index (Phi) is 4.40. The lowest BCUT2D eigenvalue weighted by Crippen LogP contribution is -2.16. The molecule has 0 unspecified atom stereocenters. The summed E-state index contributed by atoms with van der Waals surface area (Å²) in [6.45, 7) is 3.90. The minimum Gasteiger partial charge on any atom is -0.326 e. The van der Waals surface area contributed by atoms with Crippen molar-refractivity contribution in [2.75, 3.05) is 5.32 Å². The SMILES string of the molecule is Cc1cccc(NC(=O)Cc2c(F)cccc2Cl)c1C. The summed E-state index contributed by atoms with van der Waals surface area (Å²) in [4.78, 5) is 12.0. The van der Waals surface area contributed by atoms with Crippen molar-refractivity contribution in [3.8, 4) is 0 Å². The van der Waals surface area contributed by atoms with Gasteiger partial charge in [-0.15, -0.1) is 0 Å². The maximum absolute atomic E-state index is 13.6. The molecule has 2 aromatic carbocycles. The van der Waals surface area contributed by atoms with Gasteiger partial charge in [-0.25, -0.2) is 4.39 Å². The molecule has 0 saturated carbocycles. The van der Waals surface area contributed by atoms with E-state index in [0.29, 0.717) is 0 Å². The first kappa shape index (κ1) is 14.5. The van der Waals surface area contributed by atoms with Gasteiger partial charge in [0, 0.05) is 16.3 Å². The Hall–Kier alpha value is -1.87. The summed E-state index contributed by atoms with van der Waals surface area (Å²) in [5.74, 6) is -0.751. The molecule has 0 aromatic heterocycles. The second kappa shape index (κ2) is 6.06. The molecule has 0 bridgehead atoms. The van der Waals surface area contributed by atoms with Crippen LogP contribution in [0.2, 0.25) is 5.02 Å². The van der Waals surface area contributed by atoms with Crippen molar-refractivity contribution in [3.05, 3.63) is 63.9 Å². The largest absolute Gasteiger partial charge is 0.326 e. The minimum absolute atomic E-state index is 0.0844. The predicted molar refractivity (Wildman–Crippen MR) is 79.7 cm³/mol. The van der Waals surface area contributed by atoms with E-state index in [1.54, 1.807) is 6.07 Å². The van der Waals surface area contributed by atoms with Gasteiger partial charge in [-0.1, -0.05) is 29.8 Å². The summed E-state index contributed by atoms with van der Waals surface area (Å²) in [6.07, 6.45) is -0.0844. The second-order valence-electron chi connectivity index (χ2n) is 4.67. The van der Waals surface area contributed by atoms with Gasteiger partial charge in [0.2, 0.25) is 5.91 Å². The number of carbonyl (C=O) groups is 1. The van der Waals surface area contributed by atoms with Crippen molar-refractivity contribution < 1.29 is 9.18 Å². The quantitative estimate of drug-likeness (QED) is 0.898. The summed E-state index contributed by atoms with van der Waals surface area (Å²) in [6, 6.07) is 10.1. The molecule has 104 valence electrons. The topological polar surface area (TPSA) is 29.1 Å². The van der Waals surface area contributed by atoms with E-state index in [4.69, 9.17) is 11.6 Å². The van der Waals surface area contributed by atoms with Crippen LogP contribution in [0.1, 0.15) is 16.7 Å². The van der Waals surface area contributed by atoms with Crippen LogP contribution < -0.4 is 5.32 Å². The highest BCUT2D eigenvalue weighted by atomic mass is 35.5. The average Bonchev–Trinajstić information content (AvgIpc) is 2.39. The van der Waals surface area contributed by atoms with Gasteiger partial charge in [-0.05, 0) is 43.2 Å². The van der Waals surface area contributed by atoms with Crippen molar-refractivity contribution in [2.45, 2.75) is 20.3 Å². The number of hydrogen-bond donors (Lipinski definition) is 1. The van der Waals surface area contributed by atoms with Crippen molar-refractivity contribution >= 4 is 23.2 Å². The van der Waals surface area contributed by atoms with Gasteiger partial charge in [0.25, 0.3) is 0 Å². The third-order valence-corrected chi connectivity index (χ3v) is 3.63. The number of rotatable bonds is 3. The monoisotopic (exact) mass is 291 g/mol. The molecule has 0 saturated heterocycles. The zero-order chi connectivity index (χ0) is 14.7. The molecule has 1 N–H and O–H groups in total. The van der Waals surface area contributed by atoms with Crippen LogP contribution >= 0.6 is 11.6 Å². The van der Waals surface area contributed by atoms with E-state index in [-0.39, 0.29) is 22.9 Å². The van der Waals surface area contributed by atoms with Crippen LogP contribution in [0.15, 0.2) is 36.4 Å². The van der Waals surface area contributed by atoms with Crippen LogP contribution in [0, 0.1) is 19.7 Å². The maximum atomic E-state index is 13.6. The molecule has 0 spiro atoms. The molecule has 2 rings (SSSR count). The van der Waals surface area contributed by atoms with E-state index in [1.807, 2.05) is 32.0 Å². The first-order valence-electron chi connectivity index (χ1n) is 6.28. The van der Waals surface area contributed by atoms with Gasteiger partial charge in [0.1, 0.15) is 5.82 Å². The molecule has 2 nitrogen and oxygen atoms in total. The summed E-state index contributed by atoms with van der Waals surface area (Å²) < 4.78 is 13.6. The van der Waals surface area contributed by atoms with Crippen molar-refractivity contribution in [2.24, 2.45) is 0 Å². The Balaban J connectivity index is 2.16. The third kappa shape index (κ3) is 3.17. The van der Waals surface area contributed by atoms with Crippen molar-refractivity contribution in [1.82, 2.24) is 0 Å². The number of benzene rings is 2. The minimum atomic E-state index is -0.464. The van der Waals surface area contributed by atoms with Crippen LogP contribution in [-0.4, -0.2) is 5.91 Å². The van der Waals surface area contributed by atoms with Gasteiger partial charge in [0.05, 0.1) is 6.42 Å². The Morgan fingerprint density at radius 2 is 1.90 bits per heavy atom. The molecule has 1 amide bonds. The highest BCUT2D eigenvalue weighted by molar-refractivity contribution is 6.31. The highest BCUT2D eigenvalue weighted by Gasteiger charge is 2.13. The molecule has 0 aliphatic heterocycles. The number of nitrogens with one attached hydrogen (secondary N) is 1. The zero-order valence-electron chi connectivity index (χ0n) is 11.3. The van der Waals surface area contributed by atoms with Crippen LogP contribution in [0.3, 0.4) is 0 Å². The summed E-state index contributed by atoms with van der Waals surface area (Å²) >= 11 is 5.91. The lowest BCUT2D eigenvalue weighted by molar-refractivity contribution is -0.115. The molecule has 0 aliphatic carbocycles. The molecule has 0 heterocycles. The second-order valence-corrected chi connectivity index (χ2v) is 5.08. The van der Waals surface area contributed by atoms with E-state index >= 15 is 0 Å². The van der Waals surface area contributed by atoms with Gasteiger partial charge in [0.15, 0.2) is 0 Å². The Bertz CT molecular complexity index is 635. The van der Waals surface area contributed by atoms with Crippen LogP contribution in [0.5, 0.6) is 0 Å². The Labute approximate surface area is 122 Å². The predicted octanol–water partition coefficient (Wildman–Crippen LogP) is 4.28. The van der Waals surface area contributed by atoms with Crippen molar-refractivity contribution in [3.63, 3.8) is 0 Å². The fourth-order valence-corrected chi connectivity index (χ4v) is 2.17. The number of carbonyl (C=O) groups excluding carboxylic acids is 1. The summed E-state index contributed by atoms with van der Waals surface area (Å²) in [7, 11) is 0. The molecule has 0 fully saturated rings. The number of anilines is 1. The molecular weight excluding hydrogens is 277 g/mol. The Morgan fingerprint density at radius 1 is 1.20 bits per heavy atom. The lowest BCUT2D eigenvalue weighted by atomic mass is 10.1. The van der Waals surface area contributed by atoms with E-state index < -0.39 is 5.82 Å². The molecule has 0 radical (unpaired) electrons. The number of aryl methyl sites for hydroxylation is 1. The third-order valence-electron chi connectivity index (χ3n) is 3.28. The first-order chi connectivity index (χ1) is 9.49. The van der Waals surface area contributed by atoms with Crippen LogP contribution in [-0.2, 0) is 11.2 Å². The fourth-order valence-electron chi connectivity index (χ4n) is 1.94. The summed E-state index contributed by atoms with van der Waals surface area (Å²) in [5.41, 5.74) is 3.05. The lowest BCUT2D eigenvalue weighted by Gasteiger charge is -2.11. The van der Waals surface area contributed by atoms with Crippen LogP contribution in [0.25, 0.3) is 0 Å². The molecule has 2 aromatic rings. The van der Waals surface area contributed by atoms with E-state index in [2.05, 4.69) is 5.32 Å². The normalized spacial score (nSPS) is 10.4. The van der Waals surface area contributed by atoms with E-state index in [1.165, 1.54) is 12.1 Å². The molecule has 0 atom stereocenters. The van der Waals surface area contributed by atoms with Gasteiger partial charge < -0.3 is 5.32 Å². The molecule has 4 heteroatoms. The standard InChI is InChI=1S/C16H15ClFNO/c1-10-5-3-8-15(11(10)2)19-16(20)9-12-13(17)6-4-7-14(12)18/h3-8H,9H2,1-2H3,(H,19,20). The summed E-state index contributed by atoms with van der Waals surface area (Å²) in [5, 5.41) is 3.05.